The van der Waals surface area contributed by atoms with Gasteiger partial charge in [-0.25, -0.2) is 0 Å². The van der Waals surface area contributed by atoms with Gasteiger partial charge in [-0.3, -0.25) is 0 Å². The predicted octanol–water partition coefficient (Wildman–Crippen LogP) is 8.14. The first-order valence-corrected chi connectivity index (χ1v) is 12.4. The fourth-order valence-corrected chi connectivity index (χ4v) is 4.35. The Bertz CT molecular complexity index is 459. The molecular formula is C26H46ClN. The average molecular weight is 408 g/mol. The van der Waals surface area contributed by atoms with Gasteiger partial charge in [-0.15, -0.1) is 11.6 Å². The van der Waals surface area contributed by atoms with Crippen molar-refractivity contribution in [3.63, 3.8) is 0 Å². The number of nitrogens with two attached hydrogens (primary N) is 1. The standard InChI is InChI=1S/C26H46ClN/c1-22(2)26(28)25(27)23(3)18-14-11-9-7-5-4-6-8-10-12-15-19-24-20-16-13-17-21-24/h13,16-17,20-23,25-26H,4-12,14-15,18-19,28H2,1-3H3. The van der Waals surface area contributed by atoms with Gasteiger partial charge >= 0.3 is 0 Å². The fraction of sp³-hybridized carbons (Fsp3) is 0.769. The summed E-state index contributed by atoms with van der Waals surface area (Å²) in [6.45, 7) is 6.59. The molecule has 0 aliphatic heterocycles. The summed E-state index contributed by atoms with van der Waals surface area (Å²) in [5.74, 6) is 0.995. The maximum atomic E-state index is 6.53. The van der Waals surface area contributed by atoms with Gasteiger partial charge in [0.15, 0.2) is 0 Å². The molecule has 0 saturated carbocycles. The van der Waals surface area contributed by atoms with Crippen LogP contribution in [0.25, 0.3) is 0 Å². The minimum absolute atomic E-state index is 0.118. The zero-order chi connectivity index (χ0) is 20.6. The van der Waals surface area contributed by atoms with Crippen LogP contribution in [-0.2, 0) is 6.42 Å². The lowest BCUT2D eigenvalue weighted by Crippen LogP contribution is -2.39. The van der Waals surface area contributed by atoms with Crippen LogP contribution in [0.1, 0.15) is 103 Å². The zero-order valence-corrected chi connectivity index (χ0v) is 19.6. The lowest BCUT2D eigenvalue weighted by Gasteiger charge is -2.26. The van der Waals surface area contributed by atoms with Crippen molar-refractivity contribution in [3.8, 4) is 0 Å². The molecule has 0 aliphatic carbocycles. The number of alkyl halides is 1. The van der Waals surface area contributed by atoms with Gasteiger partial charge in [-0.1, -0.05) is 115 Å². The molecule has 28 heavy (non-hydrogen) atoms. The molecule has 1 aromatic carbocycles. The lowest BCUT2D eigenvalue weighted by molar-refractivity contribution is 0.372. The summed E-state index contributed by atoms with van der Waals surface area (Å²) in [7, 11) is 0. The van der Waals surface area contributed by atoms with E-state index in [2.05, 4.69) is 51.1 Å². The summed E-state index contributed by atoms with van der Waals surface area (Å²) in [4.78, 5) is 0. The maximum absolute atomic E-state index is 6.53. The Morgan fingerprint density at radius 2 is 1.18 bits per heavy atom. The minimum Gasteiger partial charge on any atom is -0.326 e. The molecule has 0 radical (unpaired) electrons. The first-order chi connectivity index (χ1) is 13.5. The van der Waals surface area contributed by atoms with Gasteiger partial charge in [-0.2, -0.15) is 0 Å². The van der Waals surface area contributed by atoms with Crippen molar-refractivity contribution in [2.24, 2.45) is 17.6 Å². The molecule has 0 aliphatic rings. The number of rotatable bonds is 17. The van der Waals surface area contributed by atoms with Crippen LogP contribution >= 0.6 is 11.6 Å². The number of hydrogen-bond acceptors (Lipinski definition) is 1. The Hall–Kier alpha value is -0.530. The largest absolute Gasteiger partial charge is 0.326 e. The molecule has 3 unspecified atom stereocenters. The molecule has 0 saturated heterocycles. The monoisotopic (exact) mass is 407 g/mol. The molecule has 162 valence electrons. The second kappa shape index (κ2) is 16.3. The van der Waals surface area contributed by atoms with Crippen LogP contribution in [-0.4, -0.2) is 11.4 Å². The van der Waals surface area contributed by atoms with E-state index in [0.717, 1.165) is 0 Å². The van der Waals surface area contributed by atoms with E-state index in [9.17, 15) is 0 Å². The van der Waals surface area contributed by atoms with Crippen molar-refractivity contribution in [1.82, 2.24) is 0 Å². The second-order valence-corrected chi connectivity index (χ2v) is 9.66. The molecule has 1 aromatic rings. The number of aryl methyl sites for hydroxylation is 1. The summed E-state index contributed by atoms with van der Waals surface area (Å²) in [6, 6.07) is 11.0. The van der Waals surface area contributed by atoms with Crippen molar-refractivity contribution in [1.29, 1.82) is 0 Å². The van der Waals surface area contributed by atoms with Crippen LogP contribution in [0, 0.1) is 11.8 Å². The van der Waals surface area contributed by atoms with Crippen LogP contribution in [0.4, 0.5) is 0 Å². The van der Waals surface area contributed by atoms with Crippen molar-refractivity contribution < 1.29 is 0 Å². The van der Waals surface area contributed by atoms with Gasteiger partial charge in [0.05, 0.1) is 5.38 Å². The first-order valence-electron chi connectivity index (χ1n) is 12.0. The molecule has 3 atom stereocenters. The molecular weight excluding hydrogens is 362 g/mol. The minimum atomic E-state index is 0.118. The Balaban J connectivity index is 1.84. The van der Waals surface area contributed by atoms with E-state index in [0.29, 0.717) is 11.8 Å². The highest BCUT2D eigenvalue weighted by Gasteiger charge is 2.23. The SMILES string of the molecule is CC(C)C(N)C(Cl)C(C)CCCCCCCCCCCCCc1ccccc1. The van der Waals surface area contributed by atoms with Crippen molar-refractivity contribution in [2.45, 2.75) is 116 Å². The normalized spacial score (nSPS) is 14.9. The topological polar surface area (TPSA) is 26.0 Å². The van der Waals surface area contributed by atoms with Gasteiger partial charge in [0, 0.05) is 6.04 Å². The third kappa shape index (κ3) is 12.1. The van der Waals surface area contributed by atoms with E-state index >= 15 is 0 Å². The quantitative estimate of drug-likeness (QED) is 0.204. The molecule has 0 spiro atoms. The van der Waals surface area contributed by atoms with Gasteiger partial charge in [-0.05, 0) is 36.7 Å². The van der Waals surface area contributed by atoms with E-state index in [4.69, 9.17) is 17.3 Å². The predicted molar refractivity (Wildman–Crippen MR) is 127 cm³/mol. The number of halogens is 1. The first kappa shape index (κ1) is 25.5. The summed E-state index contributed by atoms with van der Waals surface area (Å²) in [5.41, 5.74) is 7.68. The summed E-state index contributed by atoms with van der Waals surface area (Å²) in [6.07, 6.45) is 17.7. The number of hydrogen-bond donors (Lipinski definition) is 1. The van der Waals surface area contributed by atoms with E-state index in [-0.39, 0.29) is 11.4 Å². The molecule has 0 amide bonds. The van der Waals surface area contributed by atoms with Crippen LogP contribution in [0.3, 0.4) is 0 Å². The Kier molecular flexibility index (Phi) is 14.8. The summed E-state index contributed by atoms with van der Waals surface area (Å²) < 4.78 is 0. The van der Waals surface area contributed by atoms with Crippen molar-refractivity contribution in [3.05, 3.63) is 35.9 Å². The molecule has 2 N–H and O–H groups in total. The van der Waals surface area contributed by atoms with E-state index in [1.54, 1.807) is 0 Å². The highest BCUT2D eigenvalue weighted by atomic mass is 35.5. The van der Waals surface area contributed by atoms with Crippen LogP contribution < -0.4 is 5.73 Å². The van der Waals surface area contributed by atoms with E-state index in [1.165, 1.54) is 89.0 Å². The third-order valence-electron chi connectivity index (χ3n) is 6.15. The Morgan fingerprint density at radius 3 is 1.68 bits per heavy atom. The third-order valence-corrected chi connectivity index (χ3v) is 6.87. The van der Waals surface area contributed by atoms with E-state index in [1.807, 2.05) is 0 Å². The number of unbranched alkanes of at least 4 members (excludes halogenated alkanes) is 10. The van der Waals surface area contributed by atoms with Crippen LogP contribution in [0.2, 0.25) is 0 Å². The smallest absolute Gasteiger partial charge is 0.0515 e. The molecule has 0 aromatic heterocycles. The Labute approximate surface area is 180 Å². The van der Waals surface area contributed by atoms with Gasteiger partial charge < -0.3 is 5.73 Å². The van der Waals surface area contributed by atoms with Crippen molar-refractivity contribution >= 4 is 11.6 Å². The Morgan fingerprint density at radius 1 is 0.714 bits per heavy atom. The number of benzene rings is 1. The maximum Gasteiger partial charge on any atom is 0.0515 e. The van der Waals surface area contributed by atoms with Crippen molar-refractivity contribution in [2.75, 3.05) is 0 Å². The van der Waals surface area contributed by atoms with Crippen LogP contribution in [0.15, 0.2) is 30.3 Å². The molecule has 1 nitrogen and oxygen atoms in total. The van der Waals surface area contributed by atoms with E-state index < -0.39 is 0 Å². The molecule has 1 rings (SSSR count). The van der Waals surface area contributed by atoms with Gasteiger partial charge in [0.2, 0.25) is 0 Å². The van der Waals surface area contributed by atoms with Gasteiger partial charge in [0.1, 0.15) is 0 Å². The zero-order valence-electron chi connectivity index (χ0n) is 18.8. The summed E-state index contributed by atoms with van der Waals surface area (Å²) in [5, 5.41) is 0.118. The molecule has 0 heterocycles. The molecule has 2 heteroatoms. The molecule has 0 fully saturated rings. The highest BCUT2D eigenvalue weighted by Crippen LogP contribution is 2.23. The lowest BCUT2D eigenvalue weighted by atomic mass is 9.90. The fourth-order valence-electron chi connectivity index (χ4n) is 3.94. The molecule has 0 bridgehead atoms. The average Bonchev–Trinajstić information content (AvgIpc) is 2.70. The summed E-state index contributed by atoms with van der Waals surface area (Å²) >= 11 is 6.53. The van der Waals surface area contributed by atoms with Gasteiger partial charge in [0.25, 0.3) is 0 Å². The van der Waals surface area contributed by atoms with Crippen LogP contribution in [0.5, 0.6) is 0 Å². The second-order valence-electron chi connectivity index (χ2n) is 9.16. The highest BCUT2D eigenvalue weighted by molar-refractivity contribution is 6.21.